The highest BCUT2D eigenvalue weighted by molar-refractivity contribution is 5.30. The third kappa shape index (κ3) is 2.05. The van der Waals surface area contributed by atoms with Crippen LogP contribution in [0.2, 0.25) is 0 Å². The normalized spacial score (nSPS) is 21.1. The summed E-state index contributed by atoms with van der Waals surface area (Å²) >= 11 is 0. The molecule has 1 saturated heterocycles. The molecule has 1 aromatic carbocycles. The Balaban J connectivity index is 2.12. The Labute approximate surface area is 84.0 Å². The Bertz CT molecular complexity index is 295. The lowest BCUT2D eigenvalue weighted by atomic mass is 10.1. The van der Waals surface area contributed by atoms with Crippen LogP contribution in [0, 0.1) is 0 Å². The van der Waals surface area contributed by atoms with Crippen molar-refractivity contribution < 1.29 is 9.47 Å². The van der Waals surface area contributed by atoms with E-state index in [4.69, 9.17) is 9.47 Å². The van der Waals surface area contributed by atoms with Gasteiger partial charge in [-0.1, -0.05) is 12.1 Å². The van der Waals surface area contributed by atoms with Crippen LogP contribution in [0.3, 0.4) is 0 Å². The van der Waals surface area contributed by atoms with Crippen molar-refractivity contribution in [2.24, 2.45) is 0 Å². The van der Waals surface area contributed by atoms with E-state index < -0.39 is 0 Å². The molecule has 1 heterocycles. The third-order valence-electron chi connectivity index (χ3n) is 2.26. The molecule has 0 bridgehead atoms. The zero-order valence-electron chi connectivity index (χ0n) is 8.32. The maximum Gasteiger partial charge on any atom is 0.119 e. The molecular formula is C11H15NO2. The lowest BCUT2D eigenvalue weighted by molar-refractivity contribution is 0.114. The molecular weight excluding hydrogens is 178 g/mol. The Kier molecular flexibility index (Phi) is 3.01. The van der Waals surface area contributed by atoms with Gasteiger partial charge in [-0.3, -0.25) is 5.32 Å². The van der Waals surface area contributed by atoms with E-state index in [9.17, 15) is 0 Å². The van der Waals surface area contributed by atoms with Crippen molar-refractivity contribution in [3.05, 3.63) is 29.8 Å². The largest absolute Gasteiger partial charge is 0.494 e. The molecule has 1 unspecified atom stereocenters. The minimum Gasteiger partial charge on any atom is -0.494 e. The summed E-state index contributed by atoms with van der Waals surface area (Å²) in [4.78, 5) is 0. The first-order chi connectivity index (χ1) is 6.90. The maximum absolute atomic E-state index is 5.51. The molecule has 0 spiro atoms. The lowest BCUT2D eigenvalue weighted by Crippen LogP contribution is -2.08. The average molecular weight is 193 g/mol. The summed E-state index contributed by atoms with van der Waals surface area (Å²) in [6.45, 7) is 4.21. The number of nitrogens with one attached hydrogen (secondary N) is 1. The zero-order chi connectivity index (χ0) is 9.80. The fourth-order valence-corrected chi connectivity index (χ4v) is 1.59. The number of rotatable bonds is 3. The van der Waals surface area contributed by atoms with Crippen LogP contribution < -0.4 is 10.1 Å². The molecule has 1 atom stereocenters. The monoisotopic (exact) mass is 193 g/mol. The molecule has 0 aliphatic carbocycles. The number of benzene rings is 1. The molecule has 3 nitrogen and oxygen atoms in total. The molecule has 14 heavy (non-hydrogen) atoms. The van der Waals surface area contributed by atoms with Gasteiger partial charge < -0.3 is 9.47 Å². The van der Waals surface area contributed by atoms with Gasteiger partial charge in [0.1, 0.15) is 5.75 Å². The van der Waals surface area contributed by atoms with E-state index in [0.717, 1.165) is 12.3 Å². The molecule has 2 rings (SSSR count). The highest BCUT2D eigenvalue weighted by atomic mass is 16.5. The molecule has 76 valence electrons. The van der Waals surface area contributed by atoms with Crippen LogP contribution in [0.5, 0.6) is 5.75 Å². The summed E-state index contributed by atoms with van der Waals surface area (Å²) in [7, 11) is 0. The first kappa shape index (κ1) is 9.49. The van der Waals surface area contributed by atoms with Crippen LogP contribution in [0.25, 0.3) is 0 Å². The lowest BCUT2D eigenvalue weighted by Gasteiger charge is -2.10. The van der Waals surface area contributed by atoms with Gasteiger partial charge in [0, 0.05) is 6.54 Å². The second-order valence-corrected chi connectivity index (χ2v) is 3.26. The molecule has 0 aromatic heterocycles. The van der Waals surface area contributed by atoms with Gasteiger partial charge in [0.25, 0.3) is 0 Å². The Hall–Kier alpha value is -1.06. The van der Waals surface area contributed by atoms with E-state index in [1.807, 2.05) is 25.1 Å². The first-order valence-corrected chi connectivity index (χ1v) is 4.95. The second-order valence-electron chi connectivity index (χ2n) is 3.26. The standard InChI is InChI=1S/C11H15NO2/c1-2-13-10-5-3-4-9(6-10)11-7-12-8-14-11/h3-6,11-12H,2,7-8H2,1H3. The summed E-state index contributed by atoms with van der Waals surface area (Å²) < 4.78 is 10.9. The van der Waals surface area contributed by atoms with Crippen LogP contribution in [0.1, 0.15) is 18.6 Å². The van der Waals surface area contributed by atoms with Crippen LogP contribution >= 0.6 is 0 Å². The Morgan fingerprint density at radius 2 is 2.50 bits per heavy atom. The van der Waals surface area contributed by atoms with E-state index in [1.165, 1.54) is 5.56 Å². The topological polar surface area (TPSA) is 30.5 Å². The Morgan fingerprint density at radius 3 is 3.21 bits per heavy atom. The molecule has 3 heteroatoms. The zero-order valence-corrected chi connectivity index (χ0v) is 8.32. The summed E-state index contributed by atoms with van der Waals surface area (Å²) in [6, 6.07) is 8.08. The highest BCUT2D eigenvalue weighted by Crippen LogP contribution is 2.23. The summed E-state index contributed by atoms with van der Waals surface area (Å²) in [6.07, 6.45) is 0.176. The van der Waals surface area contributed by atoms with Crippen LogP contribution in [0.15, 0.2) is 24.3 Å². The van der Waals surface area contributed by atoms with Gasteiger partial charge in [-0.25, -0.2) is 0 Å². The van der Waals surface area contributed by atoms with Crippen molar-refractivity contribution >= 4 is 0 Å². The molecule has 1 aliphatic heterocycles. The van der Waals surface area contributed by atoms with E-state index in [2.05, 4.69) is 11.4 Å². The smallest absolute Gasteiger partial charge is 0.119 e. The second kappa shape index (κ2) is 4.44. The predicted molar refractivity (Wildman–Crippen MR) is 54.3 cm³/mol. The number of hydrogen-bond donors (Lipinski definition) is 1. The van der Waals surface area contributed by atoms with Crippen LogP contribution in [0.4, 0.5) is 0 Å². The van der Waals surface area contributed by atoms with Gasteiger partial charge in [0.15, 0.2) is 0 Å². The molecule has 1 fully saturated rings. The SMILES string of the molecule is CCOc1cccc(C2CNCO2)c1. The van der Waals surface area contributed by atoms with Crippen molar-refractivity contribution in [2.75, 3.05) is 19.9 Å². The summed E-state index contributed by atoms with van der Waals surface area (Å²) in [5, 5.41) is 3.16. The third-order valence-corrected chi connectivity index (χ3v) is 2.26. The molecule has 0 amide bonds. The van der Waals surface area contributed by atoms with E-state index >= 15 is 0 Å². The van der Waals surface area contributed by atoms with Gasteiger partial charge in [-0.05, 0) is 24.6 Å². The van der Waals surface area contributed by atoms with Crippen molar-refractivity contribution in [2.45, 2.75) is 13.0 Å². The van der Waals surface area contributed by atoms with Gasteiger partial charge >= 0.3 is 0 Å². The van der Waals surface area contributed by atoms with E-state index in [-0.39, 0.29) is 6.10 Å². The quantitative estimate of drug-likeness (QED) is 0.792. The predicted octanol–water partition coefficient (Wildman–Crippen LogP) is 1.70. The van der Waals surface area contributed by atoms with Crippen molar-refractivity contribution in [3.8, 4) is 5.75 Å². The highest BCUT2D eigenvalue weighted by Gasteiger charge is 2.17. The minimum absolute atomic E-state index is 0.176. The fraction of sp³-hybridized carbons (Fsp3) is 0.455. The minimum atomic E-state index is 0.176. The summed E-state index contributed by atoms with van der Waals surface area (Å²) in [5.41, 5.74) is 1.18. The average Bonchev–Trinajstić information content (AvgIpc) is 2.71. The van der Waals surface area contributed by atoms with E-state index in [1.54, 1.807) is 0 Å². The molecule has 1 N–H and O–H groups in total. The van der Waals surface area contributed by atoms with Gasteiger partial charge in [-0.2, -0.15) is 0 Å². The van der Waals surface area contributed by atoms with Gasteiger partial charge in [-0.15, -0.1) is 0 Å². The van der Waals surface area contributed by atoms with Crippen molar-refractivity contribution in [1.82, 2.24) is 5.32 Å². The molecule has 1 aliphatic rings. The molecule has 0 saturated carbocycles. The van der Waals surface area contributed by atoms with Gasteiger partial charge in [0.05, 0.1) is 19.4 Å². The van der Waals surface area contributed by atoms with Crippen LogP contribution in [-0.4, -0.2) is 19.9 Å². The summed E-state index contributed by atoms with van der Waals surface area (Å²) in [5.74, 6) is 0.917. The Morgan fingerprint density at radius 1 is 1.57 bits per heavy atom. The van der Waals surface area contributed by atoms with Gasteiger partial charge in [0.2, 0.25) is 0 Å². The first-order valence-electron chi connectivity index (χ1n) is 4.95. The number of hydrogen-bond acceptors (Lipinski definition) is 3. The van der Waals surface area contributed by atoms with Crippen molar-refractivity contribution in [3.63, 3.8) is 0 Å². The molecule has 1 aromatic rings. The number of ether oxygens (including phenoxy) is 2. The molecule has 0 radical (unpaired) electrons. The maximum atomic E-state index is 5.51. The van der Waals surface area contributed by atoms with Crippen LogP contribution in [-0.2, 0) is 4.74 Å². The van der Waals surface area contributed by atoms with E-state index in [0.29, 0.717) is 13.3 Å². The fourth-order valence-electron chi connectivity index (χ4n) is 1.59. The van der Waals surface area contributed by atoms with Crippen molar-refractivity contribution in [1.29, 1.82) is 0 Å².